The van der Waals surface area contributed by atoms with Gasteiger partial charge in [-0.25, -0.2) is 4.98 Å². The number of carbonyl (C=O) groups excluding carboxylic acids is 1. The maximum atomic E-state index is 12.9. The zero-order valence-corrected chi connectivity index (χ0v) is 13.6. The Bertz CT molecular complexity index is 840. The molecule has 1 atom stereocenters. The van der Waals surface area contributed by atoms with E-state index in [1.165, 1.54) is 5.56 Å². The van der Waals surface area contributed by atoms with Gasteiger partial charge in [-0.15, -0.1) is 0 Å². The first-order chi connectivity index (χ1) is 11.8. The first-order valence-corrected chi connectivity index (χ1v) is 8.59. The van der Waals surface area contributed by atoms with Crippen molar-refractivity contribution >= 4 is 16.9 Å². The van der Waals surface area contributed by atoms with E-state index in [1.807, 2.05) is 24.3 Å². The van der Waals surface area contributed by atoms with Gasteiger partial charge in [-0.2, -0.15) is 0 Å². The first-order valence-electron chi connectivity index (χ1n) is 8.59. The molecule has 1 saturated heterocycles. The van der Waals surface area contributed by atoms with Crippen LogP contribution in [0.2, 0.25) is 0 Å². The number of rotatable bonds is 4. The molecular weight excluding hydrogens is 298 g/mol. The average Bonchev–Trinajstić information content (AvgIpc) is 3.28. The molecule has 3 aromatic rings. The van der Waals surface area contributed by atoms with Gasteiger partial charge in [-0.1, -0.05) is 30.3 Å². The summed E-state index contributed by atoms with van der Waals surface area (Å²) in [4.78, 5) is 22.3. The summed E-state index contributed by atoms with van der Waals surface area (Å²) in [5, 5.41) is 0. The fourth-order valence-corrected chi connectivity index (χ4v) is 3.62. The highest BCUT2D eigenvalue weighted by Gasteiger charge is 2.29. The van der Waals surface area contributed by atoms with Crippen molar-refractivity contribution in [3.8, 4) is 0 Å². The van der Waals surface area contributed by atoms with Crippen molar-refractivity contribution in [1.82, 2.24) is 14.9 Å². The Kier molecular flexibility index (Phi) is 4.03. The molecule has 1 aliphatic rings. The van der Waals surface area contributed by atoms with Crippen molar-refractivity contribution in [2.45, 2.75) is 31.7 Å². The highest BCUT2D eigenvalue weighted by Crippen LogP contribution is 2.25. The molecule has 0 aliphatic carbocycles. The number of amides is 1. The summed E-state index contributed by atoms with van der Waals surface area (Å²) in [5.74, 6) is 0.141. The van der Waals surface area contributed by atoms with Crippen molar-refractivity contribution in [1.29, 1.82) is 0 Å². The summed E-state index contributed by atoms with van der Waals surface area (Å²) in [6.07, 6.45) is 5.91. The molecule has 1 aliphatic heterocycles. The number of benzene rings is 2. The maximum Gasteiger partial charge on any atom is 0.254 e. The third kappa shape index (κ3) is 2.92. The molecule has 122 valence electrons. The Hall–Kier alpha value is -2.62. The summed E-state index contributed by atoms with van der Waals surface area (Å²) in [6, 6.07) is 16.6. The normalized spacial score (nSPS) is 17.5. The van der Waals surface area contributed by atoms with Gasteiger partial charge in [0, 0.05) is 18.2 Å². The van der Waals surface area contributed by atoms with Crippen LogP contribution in [0.25, 0.3) is 11.0 Å². The number of hydrogen-bond donors (Lipinski definition) is 1. The molecule has 2 heterocycles. The van der Waals surface area contributed by atoms with Gasteiger partial charge >= 0.3 is 0 Å². The molecular formula is C20H21N3O. The predicted octanol–water partition coefficient (Wildman–Crippen LogP) is 3.80. The number of aryl methyl sites for hydroxylation is 1. The minimum absolute atomic E-state index is 0.141. The molecule has 0 bridgehead atoms. The zero-order chi connectivity index (χ0) is 16.4. The lowest BCUT2D eigenvalue weighted by Crippen LogP contribution is -2.35. The average molecular weight is 319 g/mol. The number of aromatic amines is 1. The van der Waals surface area contributed by atoms with Gasteiger partial charge in [0.15, 0.2) is 0 Å². The summed E-state index contributed by atoms with van der Waals surface area (Å²) in [7, 11) is 0. The second-order valence-corrected chi connectivity index (χ2v) is 6.45. The van der Waals surface area contributed by atoms with Crippen LogP contribution in [0.1, 0.15) is 35.2 Å². The van der Waals surface area contributed by atoms with Crippen LogP contribution in [0, 0.1) is 0 Å². The van der Waals surface area contributed by atoms with Crippen LogP contribution in [0.15, 0.2) is 54.9 Å². The smallest absolute Gasteiger partial charge is 0.254 e. The van der Waals surface area contributed by atoms with Crippen molar-refractivity contribution in [3.63, 3.8) is 0 Å². The molecule has 4 rings (SSSR count). The van der Waals surface area contributed by atoms with E-state index >= 15 is 0 Å². The number of carbonyl (C=O) groups is 1. The highest BCUT2D eigenvalue weighted by atomic mass is 16.2. The Morgan fingerprint density at radius 3 is 2.96 bits per heavy atom. The van der Waals surface area contributed by atoms with E-state index in [-0.39, 0.29) is 5.91 Å². The molecule has 4 nitrogen and oxygen atoms in total. The van der Waals surface area contributed by atoms with Gasteiger partial charge < -0.3 is 9.88 Å². The molecule has 1 aromatic heterocycles. The van der Waals surface area contributed by atoms with Crippen LogP contribution in [0.3, 0.4) is 0 Å². The molecule has 4 heteroatoms. The fourth-order valence-electron chi connectivity index (χ4n) is 3.62. The Labute approximate surface area is 141 Å². The van der Waals surface area contributed by atoms with Crippen molar-refractivity contribution < 1.29 is 4.79 Å². The fraction of sp³-hybridized carbons (Fsp3) is 0.300. The molecule has 0 saturated carbocycles. The largest absolute Gasteiger partial charge is 0.345 e. The van der Waals surface area contributed by atoms with Gasteiger partial charge in [0.2, 0.25) is 0 Å². The summed E-state index contributed by atoms with van der Waals surface area (Å²) >= 11 is 0. The zero-order valence-electron chi connectivity index (χ0n) is 13.6. The van der Waals surface area contributed by atoms with Crippen LogP contribution in [-0.2, 0) is 6.42 Å². The van der Waals surface area contributed by atoms with Gasteiger partial charge in [-0.3, -0.25) is 4.79 Å². The Balaban J connectivity index is 1.48. The van der Waals surface area contributed by atoms with Crippen molar-refractivity contribution in [2.75, 3.05) is 6.54 Å². The lowest BCUT2D eigenvalue weighted by molar-refractivity contribution is 0.0731. The van der Waals surface area contributed by atoms with Crippen LogP contribution in [0.4, 0.5) is 0 Å². The number of likely N-dealkylation sites (tertiary alicyclic amines) is 1. The molecule has 0 spiro atoms. The van der Waals surface area contributed by atoms with Gasteiger partial charge in [0.25, 0.3) is 5.91 Å². The first kappa shape index (κ1) is 14.9. The lowest BCUT2D eigenvalue weighted by atomic mass is 10.0. The topological polar surface area (TPSA) is 49.0 Å². The van der Waals surface area contributed by atoms with Crippen LogP contribution in [-0.4, -0.2) is 33.4 Å². The Morgan fingerprint density at radius 1 is 1.21 bits per heavy atom. The van der Waals surface area contributed by atoms with Crippen LogP contribution >= 0.6 is 0 Å². The molecule has 1 fully saturated rings. The number of fused-ring (bicyclic) bond motifs is 1. The van der Waals surface area contributed by atoms with Crippen molar-refractivity contribution in [3.05, 3.63) is 66.0 Å². The molecule has 1 N–H and O–H groups in total. The molecule has 2 aromatic carbocycles. The summed E-state index contributed by atoms with van der Waals surface area (Å²) < 4.78 is 0. The van der Waals surface area contributed by atoms with E-state index in [9.17, 15) is 4.79 Å². The quantitative estimate of drug-likeness (QED) is 0.795. The number of aromatic nitrogens is 2. The van der Waals surface area contributed by atoms with Crippen LogP contribution < -0.4 is 0 Å². The minimum atomic E-state index is 0.141. The minimum Gasteiger partial charge on any atom is -0.345 e. The second kappa shape index (κ2) is 6.48. The molecule has 0 radical (unpaired) electrons. The standard InChI is InChI=1S/C20H21N3O/c24-20(16-9-11-18-19(13-16)22-14-21-18)23-12-4-7-17(23)10-8-15-5-2-1-3-6-15/h1-3,5-6,9,11,13-14,17H,4,7-8,10,12H2,(H,21,22)/t17-/m0/s1. The lowest BCUT2D eigenvalue weighted by Gasteiger charge is -2.25. The number of nitrogens with one attached hydrogen (secondary N) is 1. The van der Waals surface area contributed by atoms with E-state index < -0.39 is 0 Å². The van der Waals surface area contributed by atoms with Crippen LogP contribution in [0.5, 0.6) is 0 Å². The van der Waals surface area contributed by atoms with E-state index in [2.05, 4.69) is 39.1 Å². The third-order valence-electron chi connectivity index (χ3n) is 4.91. The van der Waals surface area contributed by atoms with E-state index in [0.717, 1.165) is 48.8 Å². The molecule has 1 amide bonds. The van der Waals surface area contributed by atoms with E-state index in [1.54, 1.807) is 6.33 Å². The predicted molar refractivity (Wildman–Crippen MR) is 94.9 cm³/mol. The molecule has 24 heavy (non-hydrogen) atoms. The summed E-state index contributed by atoms with van der Waals surface area (Å²) in [5.41, 5.74) is 3.91. The molecule has 0 unspecified atom stereocenters. The third-order valence-corrected chi connectivity index (χ3v) is 4.91. The van der Waals surface area contributed by atoms with Gasteiger partial charge in [0.05, 0.1) is 17.4 Å². The number of H-pyrrole nitrogens is 1. The van der Waals surface area contributed by atoms with Gasteiger partial charge in [-0.05, 0) is 49.4 Å². The monoisotopic (exact) mass is 319 g/mol. The van der Waals surface area contributed by atoms with Crippen molar-refractivity contribution in [2.24, 2.45) is 0 Å². The SMILES string of the molecule is O=C(c1ccc2nc[nH]c2c1)N1CCC[C@H]1CCc1ccccc1. The number of nitrogens with zero attached hydrogens (tertiary/aromatic N) is 2. The maximum absolute atomic E-state index is 12.9. The second-order valence-electron chi connectivity index (χ2n) is 6.45. The Morgan fingerprint density at radius 2 is 2.08 bits per heavy atom. The summed E-state index contributed by atoms with van der Waals surface area (Å²) in [6.45, 7) is 0.860. The number of hydrogen-bond acceptors (Lipinski definition) is 2. The van der Waals surface area contributed by atoms with E-state index in [4.69, 9.17) is 0 Å². The highest BCUT2D eigenvalue weighted by molar-refractivity contribution is 5.97. The number of imidazole rings is 1. The van der Waals surface area contributed by atoms with Gasteiger partial charge in [0.1, 0.15) is 0 Å². The van der Waals surface area contributed by atoms with E-state index in [0.29, 0.717) is 6.04 Å².